The van der Waals surface area contributed by atoms with Gasteiger partial charge in [-0.05, 0) is 151 Å². The van der Waals surface area contributed by atoms with Crippen molar-refractivity contribution in [3.05, 3.63) is 0 Å². The molecule has 0 aromatic heterocycles. The number of hydrogen-bond donors (Lipinski definition) is 1. The predicted octanol–water partition coefficient (Wildman–Crippen LogP) is 19.6. The van der Waals surface area contributed by atoms with Crippen LogP contribution in [0.4, 0.5) is 0 Å². The molecular formula is C63H120O4. The first-order valence-corrected chi connectivity index (χ1v) is 31.4. The molecule has 3 saturated carbocycles. The number of epoxide rings is 1. The van der Waals surface area contributed by atoms with E-state index in [0.717, 1.165) is 55.6 Å². The van der Waals surface area contributed by atoms with Crippen LogP contribution < -0.4 is 0 Å². The van der Waals surface area contributed by atoms with E-state index in [4.69, 9.17) is 14.2 Å². The lowest BCUT2D eigenvalue weighted by molar-refractivity contribution is 0.0551. The van der Waals surface area contributed by atoms with Crippen molar-refractivity contribution in [1.82, 2.24) is 0 Å². The summed E-state index contributed by atoms with van der Waals surface area (Å²) in [4.78, 5) is 0. The van der Waals surface area contributed by atoms with Crippen LogP contribution in [0.15, 0.2) is 0 Å². The van der Waals surface area contributed by atoms with E-state index < -0.39 is 0 Å². The first-order chi connectivity index (χ1) is 32.9. The van der Waals surface area contributed by atoms with Gasteiger partial charge in [0, 0.05) is 20.3 Å². The third-order valence-corrected chi connectivity index (χ3v) is 18.6. The number of aliphatic hydroxyl groups excluding tert-OH is 1. The van der Waals surface area contributed by atoms with E-state index in [-0.39, 0.29) is 6.10 Å². The summed E-state index contributed by atoms with van der Waals surface area (Å²) in [6.45, 7) is 9.04. The fourth-order valence-corrected chi connectivity index (χ4v) is 13.6. The van der Waals surface area contributed by atoms with Gasteiger partial charge in [-0.25, -0.2) is 0 Å². The summed E-state index contributed by atoms with van der Waals surface area (Å²) in [6, 6.07) is 0. The van der Waals surface area contributed by atoms with E-state index in [1.807, 2.05) is 7.11 Å². The lowest BCUT2D eigenvalue weighted by Crippen LogP contribution is -2.21. The van der Waals surface area contributed by atoms with E-state index in [0.29, 0.717) is 23.7 Å². The van der Waals surface area contributed by atoms with Crippen LogP contribution in [-0.2, 0) is 14.2 Å². The Morgan fingerprint density at radius 2 is 0.836 bits per heavy atom. The van der Waals surface area contributed by atoms with E-state index in [1.54, 1.807) is 0 Å². The van der Waals surface area contributed by atoms with Gasteiger partial charge in [0.05, 0.1) is 24.4 Å². The van der Waals surface area contributed by atoms with Gasteiger partial charge in [-0.15, -0.1) is 0 Å². The van der Waals surface area contributed by atoms with Crippen molar-refractivity contribution in [3.8, 4) is 0 Å². The molecule has 0 spiro atoms. The monoisotopic (exact) mass is 941 g/mol. The Morgan fingerprint density at radius 3 is 1.33 bits per heavy atom. The molecule has 2 aliphatic heterocycles. The third-order valence-electron chi connectivity index (χ3n) is 18.6. The highest BCUT2D eigenvalue weighted by Gasteiger charge is 2.43. The standard InChI is InChI=1S/C53H102O3.C10H18O/c1-4-5-24-41-53(42-25-18-12-6-9-15-21-28-48-33-37-51(54)38-34-48,43-26-19-13-7-10-16-22-29-49-35-39-52(55-3)40-36-49)44-27-20-14-8-11-17-23-30-50-32-31-47(2)45-56-46-50;1-2-3-4-8-5-6-9-10(7-8)11-9/h47-52,54H,4-46H2,1-3H3;8-10H,2-7H2,1H3. The summed E-state index contributed by atoms with van der Waals surface area (Å²) >= 11 is 0. The number of methoxy groups -OCH3 is 1. The number of unbranched alkanes of at least 4 members (excludes halogenated alkanes) is 21. The smallest absolute Gasteiger partial charge is 0.0844 e. The topological polar surface area (TPSA) is 51.2 Å². The van der Waals surface area contributed by atoms with Crippen LogP contribution >= 0.6 is 0 Å². The van der Waals surface area contributed by atoms with Crippen molar-refractivity contribution < 1.29 is 19.3 Å². The van der Waals surface area contributed by atoms with E-state index >= 15 is 0 Å². The number of rotatable bonds is 38. The Hall–Kier alpha value is -0.160. The molecule has 0 aromatic rings. The van der Waals surface area contributed by atoms with Gasteiger partial charge in [-0.2, -0.15) is 0 Å². The van der Waals surface area contributed by atoms with Crippen LogP contribution in [0, 0.1) is 35.0 Å². The minimum atomic E-state index is -0.000599. The fourth-order valence-electron chi connectivity index (χ4n) is 13.6. The summed E-state index contributed by atoms with van der Waals surface area (Å²) in [7, 11) is 1.90. The average molecular weight is 942 g/mol. The SMILES string of the molecule is CCCCC1CCC2OC2C1.CCCCCC(CCCCCCCCCC1CCC(O)CC1)(CCCCCCCCCC1CCC(OC)CC1)CCCCCCCCCC1CCC(C)COC1. The molecule has 5 rings (SSSR count). The maximum atomic E-state index is 9.82. The van der Waals surface area contributed by atoms with Gasteiger partial charge in [0.1, 0.15) is 0 Å². The zero-order valence-electron chi connectivity index (χ0n) is 46.0. The Labute approximate surface area is 419 Å². The molecule has 67 heavy (non-hydrogen) atoms. The first-order valence-electron chi connectivity index (χ1n) is 31.4. The molecule has 6 unspecified atom stereocenters. The number of hydrogen-bond acceptors (Lipinski definition) is 4. The minimum Gasteiger partial charge on any atom is -0.393 e. The molecule has 0 aromatic carbocycles. The molecule has 1 N–H and O–H groups in total. The zero-order chi connectivity index (χ0) is 47.5. The molecule has 2 heterocycles. The molecule has 4 heteroatoms. The van der Waals surface area contributed by atoms with Crippen molar-refractivity contribution in [2.75, 3.05) is 20.3 Å². The van der Waals surface area contributed by atoms with Crippen LogP contribution in [0.5, 0.6) is 0 Å². The highest BCUT2D eigenvalue weighted by Crippen LogP contribution is 2.43. The van der Waals surface area contributed by atoms with Crippen molar-refractivity contribution >= 4 is 0 Å². The molecule has 0 bridgehead atoms. The molecule has 5 aliphatic rings. The Balaban J connectivity index is 0.000000768. The largest absolute Gasteiger partial charge is 0.393 e. The summed E-state index contributed by atoms with van der Waals surface area (Å²) in [5.41, 5.74) is 0.628. The van der Waals surface area contributed by atoms with Gasteiger partial charge in [-0.1, -0.05) is 207 Å². The van der Waals surface area contributed by atoms with Crippen LogP contribution in [0.25, 0.3) is 0 Å². The molecular weight excluding hydrogens is 821 g/mol. The second-order valence-corrected chi connectivity index (χ2v) is 24.7. The molecule has 0 radical (unpaired) electrons. The highest BCUT2D eigenvalue weighted by molar-refractivity contribution is 4.91. The van der Waals surface area contributed by atoms with Crippen molar-refractivity contribution in [1.29, 1.82) is 0 Å². The second-order valence-electron chi connectivity index (χ2n) is 24.7. The van der Waals surface area contributed by atoms with Gasteiger partial charge in [-0.3, -0.25) is 0 Å². The third kappa shape index (κ3) is 28.6. The first kappa shape index (κ1) is 59.4. The van der Waals surface area contributed by atoms with Crippen LogP contribution in [-0.4, -0.2) is 49.8 Å². The van der Waals surface area contributed by atoms with Crippen LogP contribution in [0.2, 0.25) is 0 Å². The second kappa shape index (κ2) is 38.5. The molecule has 3 aliphatic carbocycles. The van der Waals surface area contributed by atoms with Gasteiger partial charge >= 0.3 is 0 Å². The Bertz CT molecular complexity index is 1100. The summed E-state index contributed by atoms with van der Waals surface area (Å²) in [5, 5.41) is 9.82. The lowest BCUT2D eigenvalue weighted by atomic mass is 9.70. The highest BCUT2D eigenvalue weighted by atomic mass is 16.6. The van der Waals surface area contributed by atoms with Gasteiger partial charge in [0.15, 0.2) is 0 Å². The van der Waals surface area contributed by atoms with Gasteiger partial charge < -0.3 is 19.3 Å². The van der Waals surface area contributed by atoms with Crippen LogP contribution in [0.1, 0.15) is 323 Å². The lowest BCUT2D eigenvalue weighted by Gasteiger charge is -2.35. The Kier molecular flexibility index (Phi) is 34.1. The molecule has 5 fully saturated rings. The van der Waals surface area contributed by atoms with Gasteiger partial charge in [0.2, 0.25) is 0 Å². The molecule has 4 nitrogen and oxygen atoms in total. The van der Waals surface area contributed by atoms with E-state index in [1.165, 1.54) is 289 Å². The summed E-state index contributed by atoms with van der Waals surface area (Å²) < 4.78 is 17.0. The van der Waals surface area contributed by atoms with E-state index in [2.05, 4.69) is 20.8 Å². The van der Waals surface area contributed by atoms with Crippen molar-refractivity contribution in [3.63, 3.8) is 0 Å². The zero-order valence-corrected chi connectivity index (χ0v) is 46.0. The van der Waals surface area contributed by atoms with Gasteiger partial charge in [0.25, 0.3) is 0 Å². The minimum absolute atomic E-state index is 0.000599. The Morgan fingerprint density at radius 1 is 0.418 bits per heavy atom. The normalized spacial score (nSPS) is 28.5. The number of aliphatic hydroxyl groups is 1. The maximum Gasteiger partial charge on any atom is 0.0844 e. The molecule has 396 valence electrons. The average Bonchev–Trinajstić information content (AvgIpc) is 4.16. The van der Waals surface area contributed by atoms with E-state index in [9.17, 15) is 5.11 Å². The van der Waals surface area contributed by atoms with Crippen molar-refractivity contribution in [2.45, 2.75) is 347 Å². The molecule has 2 saturated heterocycles. The predicted molar refractivity (Wildman–Crippen MR) is 290 cm³/mol. The quantitative estimate of drug-likeness (QED) is 0.0495. The fraction of sp³-hybridized carbons (Fsp3) is 1.00. The molecule has 6 atom stereocenters. The van der Waals surface area contributed by atoms with Crippen molar-refractivity contribution in [2.24, 2.45) is 35.0 Å². The van der Waals surface area contributed by atoms with Crippen LogP contribution in [0.3, 0.4) is 0 Å². The maximum absolute atomic E-state index is 9.82. The number of fused-ring (bicyclic) bond motifs is 1. The summed E-state index contributed by atoms with van der Waals surface area (Å²) in [6.07, 6.45) is 68.4. The molecule has 0 amide bonds. The number of ether oxygens (including phenoxy) is 3. The summed E-state index contributed by atoms with van der Waals surface area (Å²) in [5.74, 6) is 4.48.